The number of carbonyl (C=O) groups excluding carboxylic acids is 2. The van der Waals surface area contributed by atoms with Gasteiger partial charge in [0.15, 0.2) is 0 Å². The number of nitrogens with one attached hydrogen (secondary N) is 2. The molecule has 5 nitrogen and oxygen atoms in total. The van der Waals surface area contributed by atoms with Crippen LogP contribution in [0, 0.1) is 6.92 Å². The van der Waals surface area contributed by atoms with Crippen molar-refractivity contribution >= 4 is 17.5 Å². The van der Waals surface area contributed by atoms with Gasteiger partial charge in [0.1, 0.15) is 0 Å². The van der Waals surface area contributed by atoms with E-state index in [0.29, 0.717) is 19.5 Å². The molecule has 2 unspecified atom stereocenters. The minimum Gasteiger partial charge on any atom is -0.354 e. The maximum Gasteiger partial charge on any atom is 0.238 e. The standard InChI is InChI=1S/C17H23N3O2/c1-12-5-2-3-8-15(12)19-17(22)11-20-13-6-4-7-14(20)10-18-16(21)9-13/h2-3,5,8,13-14H,4,6-7,9-11H2,1H3,(H,18,21)(H,19,22). The summed E-state index contributed by atoms with van der Waals surface area (Å²) >= 11 is 0. The Kier molecular flexibility index (Phi) is 4.43. The van der Waals surface area contributed by atoms with Crippen molar-refractivity contribution in [3.8, 4) is 0 Å². The minimum atomic E-state index is 0.000508. The summed E-state index contributed by atoms with van der Waals surface area (Å²) < 4.78 is 0. The average Bonchev–Trinajstić information content (AvgIpc) is 2.57. The fourth-order valence-electron chi connectivity index (χ4n) is 3.50. The van der Waals surface area contributed by atoms with Crippen LogP contribution >= 0.6 is 0 Å². The molecule has 3 rings (SSSR count). The second-order valence-corrected chi connectivity index (χ2v) is 6.28. The van der Waals surface area contributed by atoms with Crippen LogP contribution in [0.5, 0.6) is 0 Å². The summed E-state index contributed by atoms with van der Waals surface area (Å²) in [6.07, 6.45) is 3.70. The van der Waals surface area contributed by atoms with Gasteiger partial charge in [-0.1, -0.05) is 24.6 Å². The molecular formula is C17H23N3O2. The summed E-state index contributed by atoms with van der Waals surface area (Å²) in [6.45, 7) is 3.00. The summed E-state index contributed by atoms with van der Waals surface area (Å²) in [6, 6.07) is 8.27. The first-order chi connectivity index (χ1) is 10.6. The molecule has 1 aromatic carbocycles. The van der Waals surface area contributed by atoms with Crippen LogP contribution in [0.15, 0.2) is 24.3 Å². The van der Waals surface area contributed by atoms with Crippen molar-refractivity contribution in [2.75, 3.05) is 18.4 Å². The van der Waals surface area contributed by atoms with Crippen LogP contribution < -0.4 is 10.6 Å². The predicted octanol–water partition coefficient (Wildman–Crippen LogP) is 1.68. The third-order valence-corrected chi connectivity index (χ3v) is 4.71. The Hall–Kier alpha value is -1.88. The van der Waals surface area contributed by atoms with Crippen molar-refractivity contribution < 1.29 is 9.59 Å². The number of aryl methyl sites for hydroxylation is 1. The molecule has 0 aromatic heterocycles. The highest BCUT2D eigenvalue weighted by molar-refractivity contribution is 5.93. The largest absolute Gasteiger partial charge is 0.354 e. The molecule has 2 bridgehead atoms. The fourth-order valence-corrected chi connectivity index (χ4v) is 3.50. The molecule has 118 valence electrons. The van der Waals surface area contributed by atoms with Gasteiger partial charge in [-0.2, -0.15) is 0 Å². The zero-order chi connectivity index (χ0) is 15.5. The minimum absolute atomic E-state index is 0.000508. The number of hydrogen-bond acceptors (Lipinski definition) is 3. The summed E-state index contributed by atoms with van der Waals surface area (Å²) in [7, 11) is 0. The van der Waals surface area contributed by atoms with Gasteiger partial charge in [-0.05, 0) is 31.4 Å². The Bertz CT molecular complexity index is 573. The lowest BCUT2D eigenvalue weighted by Crippen LogP contribution is -2.50. The maximum atomic E-state index is 12.4. The number of amides is 2. The second kappa shape index (κ2) is 6.48. The molecule has 2 atom stereocenters. The van der Waals surface area contributed by atoms with E-state index in [1.54, 1.807) is 0 Å². The first kappa shape index (κ1) is 15.0. The number of para-hydroxylation sites is 1. The van der Waals surface area contributed by atoms with Crippen LogP contribution in [0.25, 0.3) is 0 Å². The van der Waals surface area contributed by atoms with E-state index in [2.05, 4.69) is 15.5 Å². The highest BCUT2D eigenvalue weighted by Crippen LogP contribution is 2.26. The Balaban J connectivity index is 1.67. The number of rotatable bonds is 3. The van der Waals surface area contributed by atoms with E-state index in [4.69, 9.17) is 0 Å². The maximum absolute atomic E-state index is 12.4. The summed E-state index contributed by atoms with van der Waals surface area (Å²) in [5, 5.41) is 5.96. The van der Waals surface area contributed by atoms with Crippen molar-refractivity contribution in [1.29, 1.82) is 0 Å². The molecule has 2 saturated heterocycles. The molecule has 2 fully saturated rings. The van der Waals surface area contributed by atoms with Crippen LogP contribution in [0.2, 0.25) is 0 Å². The van der Waals surface area contributed by atoms with E-state index < -0.39 is 0 Å². The molecule has 2 heterocycles. The SMILES string of the molecule is Cc1ccccc1NC(=O)CN1C2CCCC1CC(=O)NC2. The van der Waals surface area contributed by atoms with E-state index in [0.717, 1.165) is 30.5 Å². The van der Waals surface area contributed by atoms with E-state index in [9.17, 15) is 9.59 Å². The molecule has 2 N–H and O–H groups in total. The van der Waals surface area contributed by atoms with Gasteiger partial charge in [0.05, 0.1) is 6.54 Å². The highest BCUT2D eigenvalue weighted by atomic mass is 16.2. The number of piperidine rings is 1. The Morgan fingerprint density at radius 3 is 2.91 bits per heavy atom. The topological polar surface area (TPSA) is 61.4 Å². The monoisotopic (exact) mass is 301 g/mol. The number of anilines is 1. The van der Waals surface area contributed by atoms with Gasteiger partial charge < -0.3 is 10.6 Å². The van der Waals surface area contributed by atoms with Crippen molar-refractivity contribution in [2.45, 2.75) is 44.7 Å². The quantitative estimate of drug-likeness (QED) is 0.893. The van der Waals surface area contributed by atoms with Crippen LogP contribution in [-0.2, 0) is 9.59 Å². The lowest BCUT2D eigenvalue weighted by Gasteiger charge is -2.39. The Morgan fingerprint density at radius 1 is 1.32 bits per heavy atom. The van der Waals surface area contributed by atoms with E-state index >= 15 is 0 Å². The predicted molar refractivity (Wildman–Crippen MR) is 85.6 cm³/mol. The Morgan fingerprint density at radius 2 is 2.09 bits per heavy atom. The second-order valence-electron chi connectivity index (χ2n) is 6.28. The molecule has 0 radical (unpaired) electrons. The van der Waals surface area contributed by atoms with Gasteiger partial charge in [0.25, 0.3) is 0 Å². The molecule has 5 heteroatoms. The molecule has 0 saturated carbocycles. The molecule has 2 amide bonds. The number of carbonyl (C=O) groups is 2. The molecule has 0 aliphatic carbocycles. The first-order valence-electron chi connectivity index (χ1n) is 8.01. The molecule has 2 aliphatic rings. The smallest absolute Gasteiger partial charge is 0.238 e. The van der Waals surface area contributed by atoms with E-state index in [1.165, 1.54) is 0 Å². The van der Waals surface area contributed by atoms with Gasteiger partial charge in [-0.15, -0.1) is 0 Å². The van der Waals surface area contributed by atoms with Crippen molar-refractivity contribution in [2.24, 2.45) is 0 Å². The van der Waals surface area contributed by atoms with Crippen LogP contribution in [0.3, 0.4) is 0 Å². The zero-order valence-corrected chi connectivity index (χ0v) is 13.0. The van der Waals surface area contributed by atoms with Gasteiger partial charge in [-0.3, -0.25) is 14.5 Å². The molecule has 2 aliphatic heterocycles. The number of benzene rings is 1. The Labute approximate surface area is 131 Å². The van der Waals surface area contributed by atoms with Gasteiger partial charge >= 0.3 is 0 Å². The molecular weight excluding hydrogens is 278 g/mol. The first-order valence-corrected chi connectivity index (χ1v) is 8.01. The number of hydrogen-bond donors (Lipinski definition) is 2. The fraction of sp³-hybridized carbons (Fsp3) is 0.529. The van der Waals surface area contributed by atoms with E-state index in [-0.39, 0.29) is 23.9 Å². The normalized spacial score (nSPS) is 25.2. The summed E-state index contributed by atoms with van der Waals surface area (Å²) in [5.74, 6) is 0.110. The number of nitrogens with zero attached hydrogens (tertiary/aromatic N) is 1. The van der Waals surface area contributed by atoms with Crippen molar-refractivity contribution in [3.63, 3.8) is 0 Å². The third-order valence-electron chi connectivity index (χ3n) is 4.71. The highest BCUT2D eigenvalue weighted by Gasteiger charge is 2.35. The third kappa shape index (κ3) is 3.30. The van der Waals surface area contributed by atoms with Crippen LogP contribution in [-0.4, -0.2) is 41.9 Å². The van der Waals surface area contributed by atoms with Gasteiger partial charge in [-0.25, -0.2) is 0 Å². The zero-order valence-electron chi connectivity index (χ0n) is 13.0. The van der Waals surface area contributed by atoms with Crippen molar-refractivity contribution in [1.82, 2.24) is 10.2 Å². The lowest BCUT2D eigenvalue weighted by molar-refractivity contribution is -0.122. The molecule has 0 spiro atoms. The summed E-state index contributed by atoms with van der Waals surface area (Å²) in [4.78, 5) is 26.4. The average molecular weight is 301 g/mol. The lowest BCUT2D eigenvalue weighted by atomic mass is 9.94. The van der Waals surface area contributed by atoms with E-state index in [1.807, 2.05) is 31.2 Å². The molecule has 1 aromatic rings. The van der Waals surface area contributed by atoms with Crippen LogP contribution in [0.1, 0.15) is 31.2 Å². The number of fused-ring (bicyclic) bond motifs is 2. The van der Waals surface area contributed by atoms with Crippen molar-refractivity contribution in [3.05, 3.63) is 29.8 Å². The van der Waals surface area contributed by atoms with Crippen LogP contribution in [0.4, 0.5) is 5.69 Å². The van der Waals surface area contributed by atoms with Gasteiger partial charge in [0, 0.05) is 30.7 Å². The molecule has 22 heavy (non-hydrogen) atoms. The summed E-state index contributed by atoms with van der Waals surface area (Å²) in [5.41, 5.74) is 1.92. The van der Waals surface area contributed by atoms with Gasteiger partial charge in [0.2, 0.25) is 11.8 Å².